The van der Waals surface area contributed by atoms with Gasteiger partial charge >= 0.3 is 0 Å². The highest BCUT2D eigenvalue weighted by Crippen LogP contribution is 2.43. The van der Waals surface area contributed by atoms with E-state index in [4.69, 9.17) is 0 Å². The van der Waals surface area contributed by atoms with Crippen molar-refractivity contribution < 1.29 is 0 Å². The Bertz CT molecular complexity index is 287. The second-order valence-corrected chi connectivity index (χ2v) is 8.31. The smallest absolute Gasteiger partial charge is 0.0239 e. The molecule has 0 radical (unpaired) electrons. The molecule has 0 N–H and O–H groups in total. The van der Waals surface area contributed by atoms with Crippen molar-refractivity contribution in [2.75, 3.05) is 19.6 Å². The third-order valence-corrected chi connectivity index (χ3v) is 5.05. The van der Waals surface area contributed by atoms with Gasteiger partial charge < -0.3 is 0 Å². The molecule has 0 unspecified atom stereocenters. The number of hydrogen-bond acceptors (Lipinski definition) is 2. The summed E-state index contributed by atoms with van der Waals surface area (Å²) in [5, 5.41) is 0. The van der Waals surface area contributed by atoms with E-state index in [1.807, 2.05) is 0 Å². The Balaban J connectivity index is 2.07. The SMILES string of the molecule is CC(C)(C)N1CCC2(CCCN2C(C)(C)C)CC1. The lowest BCUT2D eigenvalue weighted by molar-refractivity contribution is -0.0234. The highest BCUT2D eigenvalue weighted by Gasteiger charge is 2.47. The van der Waals surface area contributed by atoms with Gasteiger partial charge in [-0.25, -0.2) is 0 Å². The van der Waals surface area contributed by atoms with Crippen LogP contribution in [0.4, 0.5) is 0 Å². The summed E-state index contributed by atoms with van der Waals surface area (Å²) in [5.41, 5.74) is 1.19. The van der Waals surface area contributed by atoms with Crippen molar-refractivity contribution in [1.82, 2.24) is 9.80 Å². The highest BCUT2D eigenvalue weighted by atomic mass is 15.3. The lowest BCUT2D eigenvalue weighted by atomic mass is 9.81. The Morgan fingerprint density at radius 1 is 0.722 bits per heavy atom. The number of hydrogen-bond donors (Lipinski definition) is 0. The molecule has 0 aromatic heterocycles. The fourth-order valence-electron chi connectivity index (χ4n) is 4.10. The quantitative estimate of drug-likeness (QED) is 0.651. The van der Waals surface area contributed by atoms with E-state index in [1.165, 1.54) is 45.3 Å². The van der Waals surface area contributed by atoms with Gasteiger partial charge in [0.05, 0.1) is 0 Å². The summed E-state index contributed by atoms with van der Waals surface area (Å²) < 4.78 is 0. The average molecular weight is 252 g/mol. The Kier molecular flexibility index (Phi) is 3.57. The van der Waals surface area contributed by atoms with Gasteiger partial charge in [-0.2, -0.15) is 0 Å². The molecule has 0 aliphatic carbocycles. The monoisotopic (exact) mass is 252 g/mol. The molecule has 2 saturated heterocycles. The van der Waals surface area contributed by atoms with E-state index in [9.17, 15) is 0 Å². The van der Waals surface area contributed by atoms with Crippen molar-refractivity contribution in [3.63, 3.8) is 0 Å². The molecule has 1 spiro atoms. The van der Waals surface area contributed by atoms with Crippen molar-refractivity contribution in [3.05, 3.63) is 0 Å². The van der Waals surface area contributed by atoms with Crippen molar-refractivity contribution in [2.24, 2.45) is 0 Å². The van der Waals surface area contributed by atoms with Crippen LogP contribution in [-0.2, 0) is 0 Å². The summed E-state index contributed by atoms with van der Waals surface area (Å²) in [6.07, 6.45) is 5.54. The summed E-state index contributed by atoms with van der Waals surface area (Å²) >= 11 is 0. The molecule has 18 heavy (non-hydrogen) atoms. The lowest BCUT2D eigenvalue weighted by Crippen LogP contribution is -2.60. The van der Waals surface area contributed by atoms with E-state index in [-0.39, 0.29) is 0 Å². The minimum Gasteiger partial charge on any atom is -0.298 e. The number of piperidine rings is 1. The first-order chi connectivity index (χ1) is 8.15. The maximum absolute atomic E-state index is 2.81. The molecule has 0 aromatic carbocycles. The molecule has 2 rings (SSSR count). The van der Waals surface area contributed by atoms with Crippen LogP contribution in [0.15, 0.2) is 0 Å². The average Bonchev–Trinajstić information content (AvgIpc) is 2.60. The number of likely N-dealkylation sites (tertiary alicyclic amines) is 2. The first-order valence-electron chi connectivity index (χ1n) is 7.68. The van der Waals surface area contributed by atoms with Crippen LogP contribution >= 0.6 is 0 Å². The zero-order chi connectivity index (χ0) is 13.6. The zero-order valence-corrected chi connectivity index (χ0v) is 13.3. The van der Waals surface area contributed by atoms with Crippen LogP contribution in [0, 0.1) is 0 Å². The number of nitrogens with zero attached hydrogens (tertiary/aromatic N) is 2. The maximum atomic E-state index is 2.81. The van der Waals surface area contributed by atoms with Crippen LogP contribution in [0.5, 0.6) is 0 Å². The molecule has 2 nitrogen and oxygen atoms in total. The van der Waals surface area contributed by atoms with Gasteiger partial charge in [0.25, 0.3) is 0 Å². The summed E-state index contributed by atoms with van der Waals surface area (Å²) in [6, 6.07) is 0. The molecular formula is C16H32N2. The van der Waals surface area contributed by atoms with Crippen molar-refractivity contribution in [1.29, 1.82) is 0 Å². The number of rotatable bonds is 0. The molecule has 0 amide bonds. The zero-order valence-electron chi connectivity index (χ0n) is 13.3. The topological polar surface area (TPSA) is 6.48 Å². The summed E-state index contributed by atoms with van der Waals surface area (Å²) in [6.45, 7) is 18.1. The minimum atomic E-state index is 0.334. The van der Waals surface area contributed by atoms with Gasteiger partial charge in [0.15, 0.2) is 0 Å². The molecule has 0 aromatic rings. The summed E-state index contributed by atoms with van der Waals surface area (Å²) in [5.74, 6) is 0. The summed E-state index contributed by atoms with van der Waals surface area (Å²) in [4.78, 5) is 5.47. The van der Waals surface area contributed by atoms with E-state index >= 15 is 0 Å². The van der Waals surface area contributed by atoms with Gasteiger partial charge in [-0.15, -0.1) is 0 Å². The molecule has 2 fully saturated rings. The van der Waals surface area contributed by atoms with Crippen LogP contribution in [0.3, 0.4) is 0 Å². The van der Waals surface area contributed by atoms with Gasteiger partial charge in [-0.05, 0) is 73.8 Å². The Morgan fingerprint density at radius 2 is 1.28 bits per heavy atom. The van der Waals surface area contributed by atoms with Crippen molar-refractivity contribution >= 4 is 0 Å². The van der Waals surface area contributed by atoms with Gasteiger partial charge in [0, 0.05) is 29.7 Å². The van der Waals surface area contributed by atoms with E-state index in [0.717, 1.165) is 0 Å². The van der Waals surface area contributed by atoms with Gasteiger partial charge in [-0.1, -0.05) is 0 Å². The Morgan fingerprint density at radius 3 is 1.72 bits per heavy atom. The second-order valence-electron chi connectivity index (χ2n) is 8.31. The normalized spacial score (nSPS) is 27.0. The van der Waals surface area contributed by atoms with Gasteiger partial charge in [-0.3, -0.25) is 9.80 Å². The minimum absolute atomic E-state index is 0.334. The van der Waals surface area contributed by atoms with Crippen LogP contribution in [0.2, 0.25) is 0 Å². The Hall–Kier alpha value is -0.0800. The molecule has 0 atom stereocenters. The molecule has 0 saturated carbocycles. The Labute approximate surface area is 114 Å². The van der Waals surface area contributed by atoms with Crippen molar-refractivity contribution in [3.8, 4) is 0 Å². The summed E-state index contributed by atoms with van der Waals surface area (Å²) in [7, 11) is 0. The molecule has 2 aliphatic heterocycles. The first kappa shape index (κ1) is 14.3. The van der Waals surface area contributed by atoms with E-state index in [1.54, 1.807) is 0 Å². The lowest BCUT2D eigenvalue weighted by Gasteiger charge is -2.52. The third-order valence-electron chi connectivity index (χ3n) is 5.05. The van der Waals surface area contributed by atoms with Crippen LogP contribution < -0.4 is 0 Å². The van der Waals surface area contributed by atoms with Gasteiger partial charge in [0.2, 0.25) is 0 Å². The van der Waals surface area contributed by atoms with Crippen LogP contribution in [0.25, 0.3) is 0 Å². The molecule has 2 aliphatic rings. The van der Waals surface area contributed by atoms with E-state index in [2.05, 4.69) is 51.3 Å². The van der Waals surface area contributed by atoms with Gasteiger partial charge in [0.1, 0.15) is 0 Å². The highest BCUT2D eigenvalue weighted by molar-refractivity contribution is 5.04. The molecule has 2 heteroatoms. The predicted octanol–water partition coefficient (Wildman–Crippen LogP) is 3.51. The third kappa shape index (κ3) is 2.60. The standard InChI is InChI=1S/C16H32N2/c1-14(2,3)17-12-9-16(10-13-17)8-7-11-18(16)15(4,5)6/h7-13H2,1-6H3. The first-order valence-corrected chi connectivity index (χ1v) is 7.68. The molecule has 0 bridgehead atoms. The van der Waals surface area contributed by atoms with Crippen LogP contribution in [0.1, 0.15) is 67.2 Å². The van der Waals surface area contributed by atoms with Crippen molar-refractivity contribution in [2.45, 2.75) is 83.8 Å². The fraction of sp³-hybridized carbons (Fsp3) is 1.00. The molecule has 2 heterocycles. The maximum Gasteiger partial charge on any atom is 0.0239 e. The molecular weight excluding hydrogens is 220 g/mol. The van der Waals surface area contributed by atoms with Crippen LogP contribution in [-0.4, -0.2) is 46.1 Å². The predicted molar refractivity (Wildman–Crippen MR) is 79.0 cm³/mol. The largest absolute Gasteiger partial charge is 0.298 e. The van der Waals surface area contributed by atoms with E-state index in [0.29, 0.717) is 16.6 Å². The fourth-order valence-corrected chi connectivity index (χ4v) is 4.10. The second kappa shape index (κ2) is 4.49. The molecule has 106 valence electrons. The van der Waals surface area contributed by atoms with E-state index < -0.39 is 0 Å².